The van der Waals surface area contributed by atoms with Crippen molar-refractivity contribution in [1.29, 1.82) is 0 Å². The quantitative estimate of drug-likeness (QED) is 0.807. The van der Waals surface area contributed by atoms with Gasteiger partial charge >= 0.3 is 0 Å². The van der Waals surface area contributed by atoms with Gasteiger partial charge in [0.05, 0.1) is 12.1 Å². The molecule has 25 heavy (non-hydrogen) atoms. The molecule has 0 aliphatic carbocycles. The summed E-state index contributed by atoms with van der Waals surface area (Å²) in [5, 5.41) is 7.26. The lowest BCUT2D eigenvalue weighted by atomic mass is 10.1. The SMILES string of the molecule is Cc1nn(CC(C)C)c(C)c1CC(=O)N[C@@H](C(N)=O)c1ccccc1. The molecule has 1 heterocycles. The van der Waals surface area contributed by atoms with E-state index in [1.54, 1.807) is 12.1 Å². The summed E-state index contributed by atoms with van der Waals surface area (Å²) in [6, 6.07) is 8.17. The van der Waals surface area contributed by atoms with Crippen molar-refractivity contribution in [2.24, 2.45) is 11.7 Å². The Balaban J connectivity index is 2.14. The first-order valence-electron chi connectivity index (χ1n) is 8.46. The van der Waals surface area contributed by atoms with Gasteiger partial charge in [-0.1, -0.05) is 44.2 Å². The van der Waals surface area contributed by atoms with Crippen LogP contribution in [0.15, 0.2) is 30.3 Å². The van der Waals surface area contributed by atoms with Gasteiger partial charge in [-0.05, 0) is 25.3 Å². The molecule has 0 aliphatic heterocycles. The molecule has 0 aliphatic rings. The fourth-order valence-corrected chi connectivity index (χ4v) is 2.85. The zero-order valence-corrected chi connectivity index (χ0v) is 15.2. The molecule has 134 valence electrons. The minimum Gasteiger partial charge on any atom is -0.368 e. The summed E-state index contributed by atoms with van der Waals surface area (Å²) in [7, 11) is 0. The lowest BCUT2D eigenvalue weighted by Crippen LogP contribution is -2.38. The number of primary amides is 1. The van der Waals surface area contributed by atoms with E-state index < -0.39 is 11.9 Å². The van der Waals surface area contributed by atoms with Crippen molar-refractivity contribution in [2.45, 2.75) is 46.7 Å². The first-order valence-corrected chi connectivity index (χ1v) is 8.46. The molecule has 6 nitrogen and oxygen atoms in total. The monoisotopic (exact) mass is 342 g/mol. The molecular formula is C19H26N4O2. The van der Waals surface area contributed by atoms with Crippen LogP contribution in [-0.2, 0) is 22.6 Å². The van der Waals surface area contributed by atoms with Gasteiger partial charge in [-0.25, -0.2) is 0 Å². The van der Waals surface area contributed by atoms with Crippen molar-refractivity contribution in [3.8, 4) is 0 Å². The zero-order chi connectivity index (χ0) is 18.6. The Morgan fingerprint density at radius 3 is 2.40 bits per heavy atom. The standard InChI is InChI=1S/C19H26N4O2/c1-12(2)11-23-14(4)16(13(3)22-23)10-17(24)21-18(19(20)25)15-8-6-5-7-9-15/h5-9,12,18H,10-11H2,1-4H3,(H2,20,25)(H,21,24)/t18-/m1/s1. The van der Waals surface area contributed by atoms with E-state index in [1.165, 1.54) is 0 Å². The van der Waals surface area contributed by atoms with E-state index in [0.717, 1.165) is 23.5 Å². The molecular weight excluding hydrogens is 316 g/mol. The Labute approximate surface area is 148 Å². The highest BCUT2D eigenvalue weighted by atomic mass is 16.2. The topological polar surface area (TPSA) is 90.0 Å². The number of nitrogens with zero attached hydrogens (tertiary/aromatic N) is 2. The Kier molecular flexibility index (Phi) is 5.96. The van der Waals surface area contributed by atoms with E-state index in [4.69, 9.17) is 5.73 Å². The molecule has 0 saturated heterocycles. The maximum atomic E-state index is 12.5. The third-order valence-corrected chi connectivity index (χ3v) is 4.13. The molecule has 0 saturated carbocycles. The summed E-state index contributed by atoms with van der Waals surface area (Å²) in [6.45, 7) is 8.92. The largest absolute Gasteiger partial charge is 0.368 e. The molecule has 2 amide bonds. The number of benzene rings is 1. The van der Waals surface area contributed by atoms with Crippen molar-refractivity contribution in [1.82, 2.24) is 15.1 Å². The van der Waals surface area contributed by atoms with Crippen LogP contribution in [0.25, 0.3) is 0 Å². The molecule has 0 fully saturated rings. The summed E-state index contributed by atoms with van der Waals surface area (Å²) in [5.41, 5.74) is 8.85. The number of carbonyl (C=O) groups is 2. The lowest BCUT2D eigenvalue weighted by Gasteiger charge is -2.16. The van der Waals surface area contributed by atoms with Crippen molar-refractivity contribution < 1.29 is 9.59 Å². The first-order chi connectivity index (χ1) is 11.8. The third-order valence-electron chi connectivity index (χ3n) is 4.13. The minimum absolute atomic E-state index is 0.173. The summed E-state index contributed by atoms with van der Waals surface area (Å²) in [6.07, 6.45) is 0.173. The van der Waals surface area contributed by atoms with Gasteiger partial charge in [-0.3, -0.25) is 14.3 Å². The summed E-state index contributed by atoms with van der Waals surface area (Å²) >= 11 is 0. The number of hydrogen-bond acceptors (Lipinski definition) is 3. The summed E-state index contributed by atoms with van der Waals surface area (Å²) in [5.74, 6) is -0.358. The lowest BCUT2D eigenvalue weighted by molar-refractivity contribution is -0.127. The first kappa shape index (κ1) is 18.7. The van der Waals surface area contributed by atoms with Crippen LogP contribution in [0.1, 0.15) is 42.4 Å². The maximum Gasteiger partial charge on any atom is 0.244 e. The van der Waals surface area contributed by atoms with Gasteiger partial charge in [-0.15, -0.1) is 0 Å². The average molecular weight is 342 g/mol. The van der Waals surface area contributed by atoms with Gasteiger partial charge in [0.15, 0.2) is 0 Å². The van der Waals surface area contributed by atoms with Gasteiger partial charge in [0, 0.05) is 17.8 Å². The molecule has 2 rings (SSSR count). The molecule has 0 unspecified atom stereocenters. The second-order valence-electron chi connectivity index (χ2n) is 6.72. The molecule has 2 aromatic rings. The van der Waals surface area contributed by atoms with Crippen LogP contribution in [0, 0.1) is 19.8 Å². The molecule has 0 bridgehead atoms. The number of aryl methyl sites for hydroxylation is 1. The van der Waals surface area contributed by atoms with Crippen LogP contribution in [-0.4, -0.2) is 21.6 Å². The van der Waals surface area contributed by atoms with Crippen LogP contribution in [0.3, 0.4) is 0 Å². The van der Waals surface area contributed by atoms with E-state index in [9.17, 15) is 9.59 Å². The molecule has 1 atom stereocenters. The highest BCUT2D eigenvalue weighted by molar-refractivity contribution is 5.88. The van der Waals surface area contributed by atoms with E-state index in [0.29, 0.717) is 11.5 Å². The van der Waals surface area contributed by atoms with E-state index >= 15 is 0 Å². The van der Waals surface area contributed by atoms with Crippen molar-refractivity contribution >= 4 is 11.8 Å². The number of amides is 2. The van der Waals surface area contributed by atoms with E-state index in [1.807, 2.05) is 36.7 Å². The summed E-state index contributed by atoms with van der Waals surface area (Å²) in [4.78, 5) is 24.2. The van der Waals surface area contributed by atoms with Gasteiger partial charge in [-0.2, -0.15) is 5.10 Å². The Hall–Kier alpha value is -2.63. The molecule has 1 aromatic heterocycles. The Morgan fingerprint density at radius 1 is 1.20 bits per heavy atom. The van der Waals surface area contributed by atoms with Gasteiger partial charge in [0.25, 0.3) is 0 Å². The normalized spacial score (nSPS) is 12.2. The Morgan fingerprint density at radius 2 is 1.84 bits per heavy atom. The van der Waals surface area contributed by atoms with Crippen LogP contribution >= 0.6 is 0 Å². The predicted molar refractivity (Wildman–Crippen MR) is 96.8 cm³/mol. The number of rotatable bonds is 7. The van der Waals surface area contributed by atoms with Crippen LogP contribution in [0.4, 0.5) is 0 Å². The smallest absolute Gasteiger partial charge is 0.244 e. The fourth-order valence-electron chi connectivity index (χ4n) is 2.85. The molecule has 6 heteroatoms. The average Bonchev–Trinajstić information content (AvgIpc) is 2.80. The number of aromatic nitrogens is 2. The van der Waals surface area contributed by atoms with Crippen LogP contribution < -0.4 is 11.1 Å². The van der Waals surface area contributed by atoms with Gasteiger partial charge < -0.3 is 11.1 Å². The van der Waals surface area contributed by atoms with Crippen molar-refractivity contribution in [2.75, 3.05) is 0 Å². The van der Waals surface area contributed by atoms with Crippen LogP contribution in [0.2, 0.25) is 0 Å². The minimum atomic E-state index is -0.833. The Bertz CT molecular complexity index is 750. The number of nitrogens with two attached hydrogens (primary N) is 1. The van der Waals surface area contributed by atoms with Crippen LogP contribution in [0.5, 0.6) is 0 Å². The predicted octanol–water partition coefficient (Wildman–Crippen LogP) is 2.04. The number of nitrogens with one attached hydrogen (secondary N) is 1. The maximum absolute atomic E-state index is 12.5. The molecule has 0 radical (unpaired) electrons. The van der Waals surface area contributed by atoms with Crippen molar-refractivity contribution in [3.63, 3.8) is 0 Å². The molecule has 1 aromatic carbocycles. The van der Waals surface area contributed by atoms with Gasteiger partial charge in [0.2, 0.25) is 11.8 Å². The number of carbonyl (C=O) groups excluding carboxylic acids is 2. The highest BCUT2D eigenvalue weighted by Crippen LogP contribution is 2.17. The van der Waals surface area contributed by atoms with Gasteiger partial charge in [0.1, 0.15) is 6.04 Å². The summed E-state index contributed by atoms with van der Waals surface area (Å²) < 4.78 is 1.94. The number of hydrogen-bond donors (Lipinski definition) is 2. The highest BCUT2D eigenvalue weighted by Gasteiger charge is 2.22. The fraction of sp³-hybridized carbons (Fsp3) is 0.421. The molecule has 0 spiro atoms. The van der Waals surface area contributed by atoms with E-state index in [-0.39, 0.29) is 12.3 Å². The third kappa shape index (κ3) is 4.68. The van der Waals surface area contributed by atoms with E-state index in [2.05, 4.69) is 24.3 Å². The second-order valence-corrected chi connectivity index (χ2v) is 6.72. The zero-order valence-electron chi connectivity index (χ0n) is 15.2. The molecule has 3 N–H and O–H groups in total. The second kappa shape index (κ2) is 7.96. The van der Waals surface area contributed by atoms with Crippen molar-refractivity contribution in [3.05, 3.63) is 52.8 Å².